The van der Waals surface area contributed by atoms with Crippen LogP contribution in [0.2, 0.25) is 0 Å². The fraction of sp³-hybridized carbons (Fsp3) is 0.188. The molecule has 3 rings (SSSR count). The van der Waals surface area contributed by atoms with Gasteiger partial charge in [-0.3, -0.25) is 0 Å². The number of rotatable bonds is 7. The minimum Gasteiger partial charge on any atom is -0.478 e. The normalized spacial score (nSPS) is 10.6. The number of hydrogen-bond acceptors (Lipinski definition) is 7. The number of benzene rings is 1. The number of aliphatic hydroxyl groups is 1. The van der Waals surface area contributed by atoms with Gasteiger partial charge >= 0.3 is 5.97 Å². The maximum Gasteiger partial charge on any atom is 0.335 e. The van der Waals surface area contributed by atoms with Gasteiger partial charge in [-0.25, -0.2) is 14.8 Å². The third kappa shape index (κ3) is 3.78. The van der Waals surface area contributed by atoms with E-state index in [-0.39, 0.29) is 12.2 Å². The molecule has 2 heterocycles. The van der Waals surface area contributed by atoms with Crippen LogP contribution in [0, 0.1) is 0 Å². The van der Waals surface area contributed by atoms with Gasteiger partial charge in [0.05, 0.1) is 18.7 Å². The van der Waals surface area contributed by atoms with Gasteiger partial charge in [0.1, 0.15) is 12.0 Å². The highest BCUT2D eigenvalue weighted by atomic mass is 16.4. The maximum absolute atomic E-state index is 11.0. The number of hydrogen-bond donors (Lipinski definition) is 3. The molecule has 3 N–H and O–H groups in total. The second-order valence-electron chi connectivity index (χ2n) is 5.15. The van der Waals surface area contributed by atoms with Crippen LogP contribution in [0.5, 0.6) is 0 Å². The Bertz CT molecular complexity index is 865. The molecule has 3 aromatic rings. The lowest BCUT2D eigenvalue weighted by molar-refractivity contribution is 0.0697. The van der Waals surface area contributed by atoms with Crippen molar-refractivity contribution in [1.29, 1.82) is 0 Å². The summed E-state index contributed by atoms with van der Waals surface area (Å²) < 4.78 is 1.76. The first-order valence-corrected chi connectivity index (χ1v) is 7.55. The Labute approximate surface area is 143 Å². The number of aromatic carboxylic acids is 1. The molecule has 0 fully saturated rings. The zero-order chi connectivity index (χ0) is 17.6. The zero-order valence-electron chi connectivity index (χ0n) is 13.2. The molecule has 25 heavy (non-hydrogen) atoms. The van der Waals surface area contributed by atoms with Gasteiger partial charge in [0, 0.05) is 18.4 Å². The summed E-state index contributed by atoms with van der Waals surface area (Å²) in [6.07, 6.45) is 3.03. The quantitative estimate of drug-likeness (QED) is 0.582. The standard InChI is InChI=1S/C16H16N6O3/c23-7-6-22-14(20-21-15(22)13-4-5-17-10-19-13)9-18-12-3-1-2-11(8-12)16(24)25/h1-5,8,10,18,23H,6-7,9H2,(H,24,25). The largest absolute Gasteiger partial charge is 0.478 e. The lowest BCUT2D eigenvalue weighted by Gasteiger charge is -2.10. The van der Waals surface area contributed by atoms with Crippen molar-refractivity contribution in [2.24, 2.45) is 0 Å². The number of aromatic nitrogens is 5. The van der Waals surface area contributed by atoms with Crippen molar-refractivity contribution in [3.8, 4) is 11.5 Å². The second-order valence-corrected chi connectivity index (χ2v) is 5.15. The van der Waals surface area contributed by atoms with E-state index in [0.29, 0.717) is 36.1 Å². The molecule has 0 saturated carbocycles. The Kier molecular flexibility index (Phi) is 4.95. The SMILES string of the molecule is O=C(O)c1cccc(NCc2nnc(-c3ccncn3)n2CCO)c1. The average Bonchev–Trinajstić information content (AvgIpc) is 3.04. The molecule has 128 valence electrons. The molecule has 0 spiro atoms. The van der Waals surface area contributed by atoms with Gasteiger partial charge < -0.3 is 20.1 Å². The van der Waals surface area contributed by atoms with E-state index < -0.39 is 5.97 Å². The van der Waals surface area contributed by atoms with Crippen molar-refractivity contribution in [2.45, 2.75) is 13.1 Å². The summed E-state index contributed by atoms with van der Waals surface area (Å²) in [5.74, 6) is 0.147. The molecular formula is C16H16N6O3. The number of carbonyl (C=O) groups is 1. The molecule has 0 unspecified atom stereocenters. The summed E-state index contributed by atoms with van der Waals surface area (Å²) in [7, 11) is 0. The molecule has 2 aromatic heterocycles. The van der Waals surface area contributed by atoms with Gasteiger partial charge in [-0.05, 0) is 24.3 Å². The van der Waals surface area contributed by atoms with Gasteiger partial charge in [0.15, 0.2) is 11.6 Å². The molecule has 0 atom stereocenters. The van der Waals surface area contributed by atoms with Crippen molar-refractivity contribution in [3.63, 3.8) is 0 Å². The maximum atomic E-state index is 11.0. The van der Waals surface area contributed by atoms with Crippen molar-refractivity contribution in [3.05, 3.63) is 54.2 Å². The summed E-state index contributed by atoms with van der Waals surface area (Å²) >= 11 is 0. The van der Waals surface area contributed by atoms with Crippen LogP contribution in [0.3, 0.4) is 0 Å². The molecule has 0 aliphatic rings. The molecule has 0 aliphatic heterocycles. The molecule has 0 amide bonds. The van der Waals surface area contributed by atoms with E-state index in [4.69, 9.17) is 5.11 Å². The lowest BCUT2D eigenvalue weighted by atomic mass is 10.2. The number of nitrogens with zero attached hydrogens (tertiary/aromatic N) is 5. The van der Waals surface area contributed by atoms with Crippen molar-refractivity contribution >= 4 is 11.7 Å². The van der Waals surface area contributed by atoms with Crippen LogP contribution in [0.15, 0.2) is 42.9 Å². The first kappa shape index (κ1) is 16.5. The number of aliphatic hydroxyl groups excluding tert-OH is 1. The van der Waals surface area contributed by atoms with E-state index in [9.17, 15) is 9.90 Å². The fourth-order valence-corrected chi connectivity index (χ4v) is 2.36. The van der Waals surface area contributed by atoms with Gasteiger partial charge in [0.2, 0.25) is 0 Å². The van der Waals surface area contributed by atoms with E-state index in [1.54, 1.807) is 35.0 Å². The smallest absolute Gasteiger partial charge is 0.335 e. The van der Waals surface area contributed by atoms with Crippen LogP contribution in [-0.4, -0.2) is 47.5 Å². The topological polar surface area (TPSA) is 126 Å². The van der Waals surface area contributed by atoms with E-state index in [1.807, 2.05) is 0 Å². The highest BCUT2D eigenvalue weighted by molar-refractivity contribution is 5.88. The number of nitrogens with one attached hydrogen (secondary N) is 1. The summed E-state index contributed by atoms with van der Waals surface area (Å²) in [4.78, 5) is 19.1. The third-order valence-electron chi connectivity index (χ3n) is 3.52. The van der Waals surface area contributed by atoms with Gasteiger partial charge in [0.25, 0.3) is 0 Å². The van der Waals surface area contributed by atoms with Crippen LogP contribution in [0.25, 0.3) is 11.5 Å². The van der Waals surface area contributed by atoms with Crippen LogP contribution in [0.4, 0.5) is 5.69 Å². The predicted molar refractivity (Wildman–Crippen MR) is 88.9 cm³/mol. The molecule has 9 nitrogen and oxygen atoms in total. The molecule has 1 aromatic carbocycles. The van der Waals surface area contributed by atoms with Gasteiger partial charge in [-0.2, -0.15) is 0 Å². The summed E-state index contributed by atoms with van der Waals surface area (Å²) in [6.45, 7) is 0.567. The lowest BCUT2D eigenvalue weighted by Crippen LogP contribution is -2.12. The van der Waals surface area contributed by atoms with Gasteiger partial charge in [-0.1, -0.05) is 6.07 Å². The Balaban J connectivity index is 1.82. The molecule has 0 saturated heterocycles. The van der Waals surface area contributed by atoms with Crippen LogP contribution < -0.4 is 5.32 Å². The van der Waals surface area contributed by atoms with E-state index in [0.717, 1.165) is 0 Å². The summed E-state index contributed by atoms with van der Waals surface area (Å²) in [5.41, 5.74) is 1.46. The summed E-state index contributed by atoms with van der Waals surface area (Å²) in [5, 5.41) is 29.8. The van der Waals surface area contributed by atoms with Crippen LogP contribution in [-0.2, 0) is 13.1 Å². The van der Waals surface area contributed by atoms with E-state index in [1.165, 1.54) is 12.4 Å². The molecule has 0 aliphatic carbocycles. The molecule has 9 heteroatoms. The van der Waals surface area contributed by atoms with Crippen molar-refractivity contribution in [2.75, 3.05) is 11.9 Å². The Morgan fingerprint density at radius 3 is 2.84 bits per heavy atom. The third-order valence-corrected chi connectivity index (χ3v) is 3.52. The summed E-state index contributed by atoms with van der Waals surface area (Å²) in [6, 6.07) is 8.21. The Morgan fingerprint density at radius 2 is 2.12 bits per heavy atom. The monoisotopic (exact) mass is 340 g/mol. The molecular weight excluding hydrogens is 324 g/mol. The van der Waals surface area contributed by atoms with E-state index in [2.05, 4.69) is 25.5 Å². The van der Waals surface area contributed by atoms with Crippen molar-refractivity contribution in [1.82, 2.24) is 24.7 Å². The predicted octanol–water partition coefficient (Wildman–Crippen LogP) is 1.04. The minimum atomic E-state index is -0.988. The van der Waals surface area contributed by atoms with Crippen LogP contribution in [0.1, 0.15) is 16.2 Å². The van der Waals surface area contributed by atoms with Gasteiger partial charge in [-0.15, -0.1) is 10.2 Å². The highest BCUT2D eigenvalue weighted by Gasteiger charge is 2.14. The van der Waals surface area contributed by atoms with E-state index >= 15 is 0 Å². The zero-order valence-corrected chi connectivity index (χ0v) is 13.2. The fourth-order valence-electron chi connectivity index (χ4n) is 2.36. The molecule has 0 bridgehead atoms. The molecule has 0 radical (unpaired) electrons. The Morgan fingerprint density at radius 1 is 1.24 bits per heavy atom. The Hall–Kier alpha value is -3.33. The average molecular weight is 340 g/mol. The highest BCUT2D eigenvalue weighted by Crippen LogP contribution is 2.17. The first-order valence-electron chi connectivity index (χ1n) is 7.55. The van der Waals surface area contributed by atoms with Crippen LogP contribution >= 0.6 is 0 Å². The number of anilines is 1. The van der Waals surface area contributed by atoms with Crippen molar-refractivity contribution < 1.29 is 15.0 Å². The number of carboxylic acid groups (broad SMARTS) is 1. The number of carboxylic acids is 1. The minimum absolute atomic E-state index is 0.0718. The second kappa shape index (κ2) is 7.49. The first-order chi connectivity index (χ1) is 12.2.